The summed E-state index contributed by atoms with van der Waals surface area (Å²) in [5, 5.41) is 23.4. The average Bonchev–Trinajstić information content (AvgIpc) is 3.43. The number of fused-ring (bicyclic) bond motifs is 1. The third kappa shape index (κ3) is 6.67. The Labute approximate surface area is 256 Å². The number of hydrogen-bond acceptors (Lipinski definition) is 6. The quantitative estimate of drug-likeness (QED) is 0.208. The van der Waals surface area contributed by atoms with Crippen molar-refractivity contribution in [3.63, 3.8) is 0 Å². The molecule has 8 heteroatoms. The first-order chi connectivity index (χ1) is 21.0. The van der Waals surface area contributed by atoms with Crippen molar-refractivity contribution in [2.75, 3.05) is 0 Å². The Hall–Kier alpha value is -3.96. The van der Waals surface area contributed by atoms with E-state index in [2.05, 4.69) is 16.4 Å². The number of nitrogens with one attached hydrogen (secondary N) is 1. The highest BCUT2D eigenvalue weighted by Crippen LogP contribution is 2.43. The minimum Gasteiger partial charge on any atom is -0.488 e. The van der Waals surface area contributed by atoms with E-state index in [1.807, 2.05) is 42.5 Å². The largest absolute Gasteiger partial charge is 0.488 e. The number of nitrogens with zero attached hydrogens (tertiary/aromatic N) is 2. The average molecular weight is 598 g/mol. The van der Waals surface area contributed by atoms with E-state index in [9.17, 15) is 14.8 Å². The third-order valence-electron chi connectivity index (χ3n) is 8.31. The standard InChI is InChI=1S/C35H33ClFN3O3/c36-31-14-24(20-40-25-5-3-6-26(41)15-25)34(42-21-23-13-22(17-38)18-39-19-23)16-35(31)43-33-12-11-28-27(8-4-9-30(28)33)29-7-1-2-10-32(29)37/h1-2,4,7-10,13-14,16,18-19,25-26,33,40-41H,3,5-6,11-12,15,20-21H2/t25-,26-,33-/m0/s1. The van der Waals surface area contributed by atoms with Gasteiger partial charge in [-0.15, -0.1) is 0 Å². The van der Waals surface area contributed by atoms with Crippen LogP contribution >= 0.6 is 11.6 Å². The first-order valence-corrected chi connectivity index (χ1v) is 15.1. The Bertz CT molecular complexity index is 1660. The van der Waals surface area contributed by atoms with Crippen LogP contribution in [0.15, 0.2) is 73.1 Å². The lowest BCUT2D eigenvalue weighted by atomic mass is 9.93. The van der Waals surface area contributed by atoms with Gasteiger partial charge in [0.05, 0.1) is 16.7 Å². The molecule has 220 valence electrons. The van der Waals surface area contributed by atoms with Crippen molar-refractivity contribution in [2.45, 2.75) is 69.9 Å². The number of aliphatic hydroxyl groups excluding tert-OH is 1. The normalized spacial score (nSPS) is 19.4. The Morgan fingerprint density at radius 2 is 1.88 bits per heavy atom. The van der Waals surface area contributed by atoms with E-state index >= 15 is 0 Å². The van der Waals surface area contributed by atoms with Crippen LogP contribution in [0.5, 0.6) is 11.5 Å². The number of halogens is 2. The van der Waals surface area contributed by atoms with E-state index in [4.69, 9.17) is 21.1 Å². The molecular formula is C35H33ClFN3O3. The van der Waals surface area contributed by atoms with Crippen molar-refractivity contribution in [1.29, 1.82) is 5.26 Å². The highest BCUT2D eigenvalue weighted by atomic mass is 35.5. The summed E-state index contributed by atoms with van der Waals surface area (Å²) in [6.07, 6.45) is 7.73. The molecule has 1 aromatic heterocycles. The van der Waals surface area contributed by atoms with Gasteiger partial charge in [-0.25, -0.2) is 4.39 Å². The molecule has 0 bridgehead atoms. The van der Waals surface area contributed by atoms with Crippen molar-refractivity contribution in [2.24, 2.45) is 0 Å². The van der Waals surface area contributed by atoms with Crippen LogP contribution in [0.2, 0.25) is 5.02 Å². The minimum absolute atomic E-state index is 0.210. The van der Waals surface area contributed by atoms with Crippen LogP contribution in [0.1, 0.15) is 66.0 Å². The van der Waals surface area contributed by atoms with Gasteiger partial charge < -0.3 is 19.9 Å². The predicted molar refractivity (Wildman–Crippen MR) is 163 cm³/mol. The zero-order valence-electron chi connectivity index (χ0n) is 23.7. The number of ether oxygens (including phenoxy) is 2. The Morgan fingerprint density at radius 1 is 1.02 bits per heavy atom. The Balaban J connectivity index is 1.26. The lowest BCUT2D eigenvalue weighted by Gasteiger charge is -2.27. The second-order valence-electron chi connectivity index (χ2n) is 11.3. The predicted octanol–water partition coefficient (Wildman–Crippen LogP) is 7.45. The van der Waals surface area contributed by atoms with E-state index < -0.39 is 0 Å². The highest BCUT2D eigenvalue weighted by molar-refractivity contribution is 6.32. The summed E-state index contributed by atoms with van der Waals surface area (Å²) in [6, 6.07) is 20.6. The summed E-state index contributed by atoms with van der Waals surface area (Å²) in [5.74, 6) is 0.878. The van der Waals surface area contributed by atoms with Crippen LogP contribution in [0.4, 0.5) is 4.39 Å². The van der Waals surface area contributed by atoms with Gasteiger partial charge in [0.2, 0.25) is 0 Å². The molecule has 6 nitrogen and oxygen atoms in total. The van der Waals surface area contributed by atoms with Gasteiger partial charge in [0.15, 0.2) is 0 Å². The molecule has 0 unspecified atom stereocenters. The SMILES string of the molecule is N#Cc1cncc(COc2cc(O[C@H]3CCc4c(-c5ccccc5F)cccc43)c(Cl)cc2CN[C@H]2CCC[C@H](O)C2)c1. The van der Waals surface area contributed by atoms with Crippen molar-refractivity contribution < 1.29 is 19.0 Å². The summed E-state index contributed by atoms with van der Waals surface area (Å²) in [4.78, 5) is 4.14. The molecule has 2 N–H and O–H groups in total. The first kappa shape index (κ1) is 29.1. The molecule has 3 atom stereocenters. The van der Waals surface area contributed by atoms with Gasteiger partial charge in [-0.2, -0.15) is 5.26 Å². The maximum atomic E-state index is 14.7. The summed E-state index contributed by atoms with van der Waals surface area (Å²) in [5.41, 5.74) is 5.71. The fourth-order valence-electron chi connectivity index (χ4n) is 6.16. The Kier molecular flexibility index (Phi) is 8.90. The molecule has 1 saturated carbocycles. The van der Waals surface area contributed by atoms with Gasteiger partial charge in [-0.1, -0.05) is 48.0 Å². The molecule has 2 aliphatic carbocycles. The summed E-state index contributed by atoms with van der Waals surface area (Å²) < 4.78 is 27.5. The lowest BCUT2D eigenvalue weighted by molar-refractivity contribution is 0.111. The molecule has 0 amide bonds. The van der Waals surface area contributed by atoms with Crippen molar-refractivity contribution >= 4 is 11.6 Å². The zero-order valence-corrected chi connectivity index (χ0v) is 24.5. The topological polar surface area (TPSA) is 87.4 Å². The number of aliphatic hydroxyl groups is 1. The number of rotatable bonds is 9. The number of pyridine rings is 1. The fourth-order valence-corrected chi connectivity index (χ4v) is 6.39. The van der Waals surface area contributed by atoms with Crippen LogP contribution in [0, 0.1) is 17.1 Å². The van der Waals surface area contributed by atoms with Gasteiger partial charge in [0.1, 0.15) is 36.1 Å². The fraction of sp³-hybridized carbons (Fsp3) is 0.314. The van der Waals surface area contributed by atoms with Gasteiger partial charge >= 0.3 is 0 Å². The molecule has 1 heterocycles. The molecule has 0 aliphatic heterocycles. The number of aromatic nitrogens is 1. The van der Waals surface area contributed by atoms with E-state index in [0.717, 1.165) is 59.9 Å². The first-order valence-electron chi connectivity index (χ1n) is 14.7. The molecule has 0 spiro atoms. The Morgan fingerprint density at radius 3 is 2.72 bits per heavy atom. The van der Waals surface area contributed by atoms with Gasteiger partial charge in [0.25, 0.3) is 0 Å². The molecular weight excluding hydrogens is 565 g/mol. The van der Waals surface area contributed by atoms with E-state index in [1.165, 1.54) is 12.3 Å². The monoisotopic (exact) mass is 597 g/mol. The van der Waals surface area contributed by atoms with Crippen molar-refractivity contribution in [3.8, 4) is 28.7 Å². The van der Waals surface area contributed by atoms with Crippen LogP contribution in [0.25, 0.3) is 11.1 Å². The molecule has 4 aromatic rings. The molecule has 1 fully saturated rings. The number of nitriles is 1. The maximum Gasteiger partial charge on any atom is 0.142 e. The van der Waals surface area contributed by atoms with Crippen LogP contribution < -0.4 is 14.8 Å². The van der Waals surface area contributed by atoms with Crippen molar-refractivity contribution in [3.05, 3.63) is 112 Å². The molecule has 0 saturated heterocycles. The minimum atomic E-state index is -0.283. The second kappa shape index (κ2) is 13.1. The molecule has 2 aliphatic rings. The van der Waals surface area contributed by atoms with E-state index in [0.29, 0.717) is 40.6 Å². The van der Waals surface area contributed by atoms with Gasteiger partial charge in [0, 0.05) is 47.7 Å². The zero-order chi connectivity index (χ0) is 29.8. The summed E-state index contributed by atoms with van der Waals surface area (Å²) in [7, 11) is 0. The lowest BCUT2D eigenvalue weighted by Crippen LogP contribution is -2.35. The molecule has 6 rings (SSSR count). The molecule has 3 aromatic carbocycles. The molecule has 0 radical (unpaired) electrons. The van der Waals surface area contributed by atoms with Crippen LogP contribution in [0.3, 0.4) is 0 Å². The van der Waals surface area contributed by atoms with Crippen LogP contribution in [-0.2, 0) is 19.6 Å². The van der Waals surface area contributed by atoms with E-state index in [-0.39, 0.29) is 30.7 Å². The summed E-state index contributed by atoms with van der Waals surface area (Å²) >= 11 is 6.81. The maximum absolute atomic E-state index is 14.7. The smallest absolute Gasteiger partial charge is 0.142 e. The highest BCUT2D eigenvalue weighted by Gasteiger charge is 2.28. The summed E-state index contributed by atoms with van der Waals surface area (Å²) in [6.45, 7) is 0.735. The van der Waals surface area contributed by atoms with Gasteiger partial charge in [-0.3, -0.25) is 4.98 Å². The number of benzene rings is 3. The third-order valence-corrected chi connectivity index (χ3v) is 8.61. The second-order valence-corrected chi connectivity index (χ2v) is 11.7. The van der Waals surface area contributed by atoms with Crippen LogP contribution in [-0.4, -0.2) is 22.2 Å². The molecule has 43 heavy (non-hydrogen) atoms. The number of hydrogen-bond donors (Lipinski definition) is 2. The van der Waals surface area contributed by atoms with Gasteiger partial charge in [-0.05, 0) is 73.4 Å². The van der Waals surface area contributed by atoms with E-state index in [1.54, 1.807) is 18.3 Å². The van der Waals surface area contributed by atoms with Crippen molar-refractivity contribution in [1.82, 2.24) is 10.3 Å².